The molecule has 0 rings (SSSR count). The second-order valence-electron chi connectivity index (χ2n) is 12.7. The standard InChI is InChI=1S/C40H70O6/c1-3-5-7-9-10-11-12-13-14-15-16-19-22-25-29-33-40(44)46-37(31-27-8-6-4-2)32-28-24-21-18-17-20-23-26-30-36-45-39(43)35-34-38(41)42/h10-11,13-14,24,28,37H,3-9,12,15-23,25-27,29-36H2,1-2H3,(H,41,42)/b11-10-,14-13-,28-24-/t37-/m1/s1. The van der Waals surface area contributed by atoms with E-state index in [4.69, 9.17) is 14.6 Å². The topological polar surface area (TPSA) is 89.9 Å². The summed E-state index contributed by atoms with van der Waals surface area (Å²) in [5, 5.41) is 8.58. The zero-order valence-corrected chi connectivity index (χ0v) is 29.8. The fraction of sp³-hybridized carbons (Fsp3) is 0.775. The second kappa shape index (κ2) is 35.5. The lowest BCUT2D eigenvalue weighted by Gasteiger charge is -2.16. The minimum atomic E-state index is -0.976. The predicted molar refractivity (Wildman–Crippen MR) is 192 cm³/mol. The zero-order chi connectivity index (χ0) is 33.8. The average Bonchev–Trinajstić information content (AvgIpc) is 3.04. The average molecular weight is 647 g/mol. The van der Waals surface area contributed by atoms with Gasteiger partial charge in [0.05, 0.1) is 19.4 Å². The number of allylic oxidation sites excluding steroid dienone is 5. The summed E-state index contributed by atoms with van der Waals surface area (Å²) in [5.74, 6) is -1.44. The molecule has 1 N–H and O–H groups in total. The van der Waals surface area contributed by atoms with Gasteiger partial charge in [-0.2, -0.15) is 0 Å². The summed E-state index contributed by atoms with van der Waals surface area (Å²) in [4.78, 5) is 34.4. The monoisotopic (exact) mass is 647 g/mol. The number of unbranched alkanes of at least 4 members (excludes halogenated alkanes) is 17. The van der Waals surface area contributed by atoms with Crippen LogP contribution in [0.25, 0.3) is 0 Å². The number of esters is 2. The van der Waals surface area contributed by atoms with Gasteiger partial charge in [0, 0.05) is 12.8 Å². The van der Waals surface area contributed by atoms with E-state index >= 15 is 0 Å². The molecule has 1 atom stereocenters. The minimum Gasteiger partial charge on any atom is -0.481 e. The molecule has 0 radical (unpaired) electrons. The Hall–Kier alpha value is -2.37. The van der Waals surface area contributed by atoms with E-state index in [1.165, 1.54) is 70.6 Å². The Bertz CT molecular complexity index is 800. The predicted octanol–water partition coefficient (Wildman–Crippen LogP) is 11.8. The molecule has 0 saturated carbocycles. The number of carboxylic acids is 1. The van der Waals surface area contributed by atoms with E-state index in [9.17, 15) is 14.4 Å². The number of hydrogen-bond donors (Lipinski definition) is 1. The molecule has 0 aliphatic heterocycles. The fourth-order valence-electron chi connectivity index (χ4n) is 5.25. The number of carbonyl (C=O) groups excluding carboxylic acids is 2. The Morgan fingerprint density at radius 1 is 0.543 bits per heavy atom. The Balaban J connectivity index is 3.94. The van der Waals surface area contributed by atoms with Gasteiger partial charge in [-0.05, 0) is 70.6 Å². The van der Waals surface area contributed by atoms with Gasteiger partial charge in [-0.3, -0.25) is 14.4 Å². The van der Waals surface area contributed by atoms with Gasteiger partial charge in [0.2, 0.25) is 0 Å². The van der Waals surface area contributed by atoms with Gasteiger partial charge in [-0.1, -0.05) is 127 Å². The second-order valence-corrected chi connectivity index (χ2v) is 12.7. The van der Waals surface area contributed by atoms with Crippen LogP contribution in [0.4, 0.5) is 0 Å². The first-order valence-corrected chi connectivity index (χ1v) is 19.0. The molecule has 0 bridgehead atoms. The molecule has 0 aliphatic rings. The van der Waals surface area contributed by atoms with Gasteiger partial charge in [-0.15, -0.1) is 0 Å². The van der Waals surface area contributed by atoms with E-state index in [2.05, 4.69) is 50.3 Å². The molecule has 46 heavy (non-hydrogen) atoms. The molecule has 0 unspecified atom stereocenters. The molecule has 0 aromatic rings. The van der Waals surface area contributed by atoms with Crippen molar-refractivity contribution < 1.29 is 29.0 Å². The zero-order valence-electron chi connectivity index (χ0n) is 29.8. The number of hydrogen-bond acceptors (Lipinski definition) is 5. The van der Waals surface area contributed by atoms with Gasteiger partial charge in [0.25, 0.3) is 0 Å². The maximum absolute atomic E-state index is 12.6. The van der Waals surface area contributed by atoms with Crippen molar-refractivity contribution in [1.29, 1.82) is 0 Å². The smallest absolute Gasteiger partial charge is 0.306 e. The molecule has 0 aromatic carbocycles. The van der Waals surface area contributed by atoms with Crippen LogP contribution in [-0.4, -0.2) is 35.7 Å². The maximum Gasteiger partial charge on any atom is 0.306 e. The first kappa shape index (κ1) is 43.6. The Kier molecular flexibility index (Phi) is 33.7. The van der Waals surface area contributed by atoms with E-state index in [1.807, 2.05) is 0 Å². The van der Waals surface area contributed by atoms with Gasteiger partial charge >= 0.3 is 17.9 Å². The lowest BCUT2D eigenvalue weighted by molar-refractivity contribution is -0.149. The third kappa shape index (κ3) is 34.5. The molecule has 0 fully saturated rings. The first-order chi connectivity index (χ1) is 22.5. The van der Waals surface area contributed by atoms with Crippen LogP contribution in [0.5, 0.6) is 0 Å². The van der Waals surface area contributed by atoms with Crippen molar-refractivity contribution in [1.82, 2.24) is 0 Å². The molecule has 0 amide bonds. The normalized spacial score (nSPS) is 12.4. The fourth-order valence-corrected chi connectivity index (χ4v) is 5.25. The van der Waals surface area contributed by atoms with Gasteiger partial charge in [-0.25, -0.2) is 0 Å². The van der Waals surface area contributed by atoms with Gasteiger partial charge in [0.15, 0.2) is 0 Å². The van der Waals surface area contributed by atoms with Crippen molar-refractivity contribution in [3.05, 3.63) is 36.5 Å². The van der Waals surface area contributed by atoms with Crippen LogP contribution >= 0.6 is 0 Å². The van der Waals surface area contributed by atoms with E-state index < -0.39 is 11.9 Å². The summed E-state index contributed by atoms with van der Waals surface area (Å²) in [6.07, 6.45) is 40.9. The summed E-state index contributed by atoms with van der Waals surface area (Å²) >= 11 is 0. The Morgan fingerprint density at radius 3 is 1.70 bits per heavy atom. The Morgan fingerprint density at radius 2 is 1.07 bits per heavy atom. The van der Waals surface area contributed by atoms with Crippen LogP contribution in [0.2, 0.25) is 0 Å². The van der Waals surface area contributed by atoms with E-state index in [-0.39, 0.29) is 24.9 Å². The molecule has 0 aliphatic carbocycles. The van der Waals surface area contributed by atoms with Crippen LogP contribution in [0.3, 0.4) is 0 Å². The minimum absolute atomic E-state index is 0.00296. The number of rotatable bonds is 34. The summed E-state index contributed by atoms with van der Waals surface area (Å²) in [6, 6.07) is 0. The van der Waals surface area contributed by atoms with Crippen LogP contribution in [0, 0.1) is 0 Å². The van der Waals surface area contributed by atoms with E-state index in [0.717, 1.165) is 83.5 Å². The van der Waals surface area contributed by atoms with Crippen molar-refractivity contribution in [3.63, 3.8) is 0 Å². The summed E-state index contributed by atoms with van der Waals surface area (Å²) in [7, 11) is 0. The highest BCUT2D eigenvalue weighted by Crippen LogP contribution is 2.16. The number of ether oxygens (including phenoxy) is 2. The van der Waals surface area contributed by atoms with Crippen molar-refractivity contribution in [3.8, 4) is 0 Å². The van der Waals surface area contributed by atoms with E-state index in [0.29, 0.717) is 13.0 Å². The lowest BCUT2D eigenvalue weighted by atomic mass is 10.1. The van der Waals surface area contributed by atoms with Crippen LogP contribution in [0.1, 0.15) is 187 Å². The third-order valence-corrected chi connectivity index (χ3v) is 8.15. The highest BCUT2D eigenvalue weighted by molar-refractivity contribution is 5.76. The highest BCUT2D eigenvalue weighted by Gasteiger charge is 2.13. The molecular weight excluding hydrogens is 576 g/mol. The first-order valence-electron chi connectivity index (χ1n) is 19.0. The molecular formula is C40H70O6. The number of carbonyl (C=O) groups is 3. The van der Waals surface area contributed by atoms with Gasteiger partial charge < -0.3 is 14.6 Å². The third-order valence-electron chi connectivity index (χ3n) is 8.15. The SMILES string of the molecule is CCCCC/C=C\C/C=C\CCCCCCCC(=O)O[C@@H](C/C=C\CCCCCCCCOC(=O)CCC(=O)O)CCCCCC. The van der Waals surface area contributed by atoms with Crippen molar-refractivity contribution >= 4 is 17.9 Å². The Labute approximate surface area is 282 Å². The molecule has 6 heteroatoms. The van der Waals surface area contributed by atoms with Crippen molar-refractivity contribution in [2.45, 2.75) is 193 Å². The summed E-state index contributed by atoms with van der Waals surface area (Å²) in [5.41, 5.74) is 0. The number of carboxylic acid groups (broad SMARTS) is 1. The van der Waals surface area contributed by atoms with Crippen LogP contribution in [-0.2, 0) is 23.9 Å². The molecule has 6 nitrogen and oxygen atoms in total. The molecule has 0 spiro atoms. The van der Waals surface area contributed by atoms with E-state index in [1.54, 1.807) is 0 Å². The molecule has 0 aromatic heterocycles. The van der Waals surface area contributed by atoms with Gasteiger partial charge in [0.1, 0.15) is 6.10 Å². The van der Waals surface area contributed by atoms with Crippen LogP contribution in [0.15, 0.2) is 36.5 Å². The molecule has 0 heterocycles. The quantitative estimate of drug-likeness (QED) is 0.0425. The summed E-state index contributed by atoms with van der Waals surface area (Å²) < 4.78 is 11.0. The summed E-state index contributed by atoms with van der Waals surface area (Å²) in [6.45, 7) is 4.84. The number of aliphatic carboxylic acids is 1. The maximum atomic E-state index is 12.6. The highest BCUT2D eigenvalue weighted by atomic mass is 16.5. The lowest BCUT2D eigenvalue weighted by Crippen LogP contribution is -2.17. The molecule has 266 valence electrons. The van der Waals surface area contributed by atoms with Crippen molar-refractivity contribution in [2.24, 2.45) is 0 Å². The largest absolute Gasteiger partial charge is 0.481 e. The van der Waals surface area contributed by atoms with Crippen LogP contribution < -0.4 is 0 Å². The van der Waals surface area contributed by atoms with Crippen molar-refractivity contribution in [2.75, 3.05) is 6.61 Å². The molecule has 0 saturated heterocycles.